The van der Waals surface area contributed by atoms with Crippen LogP contribution in [0.1, 0.15) is 6.42 Å². The molecule has 0 bridgehead atoms. The molecule has 0 aliphatic carbocycles. The molecular weight excluding hydrogens is 334 g/mol. The maximum absolute atomic E-state index is 11.9. The highest BCUT2D eigenvalue weighted by Gasteiger charge is 2.05. The Kier molecular flexibility index (Phi) is 5.74. The topological polar surface area (TPSA) is 62.7 Å². The summed E-state index contributed by atoms with van der Waals surface area (Å²) in [5, 5.41) is 5.65. The third-order valence-electron chi connectivity index (χ3n) is 3.58. The summed E-state index contributed by atoms with van der Waals surface area (Å²) in [6, 6.07) is 15.4. The normalized spacial score (nSPS) is 12.6. The molecule has 2 amide bonds. The second-order valence-corrected chi connectivity index (χ2v) is 6.58. The minimum absolute atomic E-state index is 0.221. The predicted molar refractivity (Wildman–Crippen MR) is 102 cm³/mol. The van der Waals surface area contributed by atoms with Crippen LogP contribution < -0.4 is 15.4 Å². The summed E-state index contributed by atoms with van der Waals surface area (Å²) < 4.78 is 5.24. The number of aliphatic imine (C=N–C) groups is 1. The molecular formula is C19H19N3O2S. The Bertz CT molecular complexity index is 801. The highest BCUT2D eigenvalue weighted by molar-refractivity contribution is 7.99. The van der Waals surface area contributed by atoms with Crippen molar-refractivity contribution < 1.29 is 9.53 Å². The smallest absolute Gasteiger partial charge is 0.319 e. The second kappa shape index (κ2) is 8.39. The van der Waals surface area contributed by atoms with E-state index in [9.17, 15) is 4.79 Å². The number of urea groups is 1. The summed E-state index contributed by atoms with van der Waals surface area (Å²) in [6.07, 6.45) is 4.41. The van der Waals surface area contributed by atoms with E-state index in [1.807, 2.05) is 54.7 Å². The van der Waals surface area contributed by atoms with Crippen molar-refractivity contribution in [2.75, 3.05) is 19.0 Å². The number of rotatable bonds is 6. The first-order valence-corrected chi connectivity index (χ1v) is 8.71. The average molecular weight is 353 g/mol. The molecule has 0 aromatic heterocycles. The zero-order valence-corrected chi connectivity index (χ0v) is 14.7. The molecule has 2 aromatic rings. The van der Waals surface area contributed by atoms with Gasteiger partial charge in [0.05, 0.1) is 7.11 Å². The van der Waals surface area contributed by atoms with Gasteiger partial charge in [-0.1, -0.05) is 17.8 Å². The number of amides is 2. The lowest BCUT2D eigenvalue weighted by molar-refractivity contribution is 0.253. The Morgan fingerprint density at radius 3 is 2.76 bits per heavy atom. The van der Waals surface area contributed by atoms with E-state index in [4.69, 9.17) is 4.74 Å². The van der Waals surface area contributed by atoms with Gasteiger partial charge in [0.25, 0.3) is 0 Å². The monoisotopic (exact) mass is 353 g/mol. The Hall–Kier alpha value is -2.73. The van der Waals surface area contributed by atoms with Crippen LogP contribution in [0.5, 0.6) is 5.75 Å². The second-order valence-electron chi connectivity index (χ2n) is 5.44. The largest absolute Gasteiger partial charge is 0.497 e. The van der Waals surface area contributed by atoms with Gasteiger partial charge < -0.3 is 15.4 Å². The first-order valence-electron chi connectivity index (χ1n) is 7.89. The van der Waals surface area contributed by atoms with Gasteiger partial charge in [0.1, 0.15) is 5.75 Å². The third kappa shape index (κ3) is 5.12. The van der Waals surface area contributed by atoms with Crippen molar-refractivity contribution in [3.63, 3.8) is 0 Å². The summed E-state index contributed by atoms with van der Waals surface area (Å²) >= 11 is 1.64. The molecule has 0 saturated heterocycles. The minimum atomic E-state index is -0.221. The summed E-state index contributed by atoms with van der Waals surface area (Å²) in [7, 11) is 1.66. The van der Waals surface area contributed by atoms with Crippen molar-refractivity contribution in [3.8, 4) is 5.75 Å². The van der Waals surface area contributed by atoms with Gasteiger partial charge in [-0.05, 0) is 48.0 Å². The molecule has 6 heteroatoms. The maximum atomic E-state index is 11.9. The number of nitrogens with zero attached hydrogens (tertiary/aromatic N) is 1. The van der Waals surface area contributed by atoms with Gasteiger partial charge in [-0.2, -0.15) is 0 Å². The van der Waals surface area contributed by atoms with Crippen LogP contribution in [0.3, 0.4) is 0 Å². The van der Waals surface area contributed by atoms with Gasteiger partial charge in [0.2, 0.25) is 0 Å². The van der Waals surface area contributed by atoms with Crippen molar-refractivity contribution in [1.82, 2.24) is 5.32 Å². The minimum Gasteiger partial charge on any atom is -0.497 e. The third-order valence-corrected chi connectivity index (χ3v) is 4.58. The lowest BCUT2D eigenvalue weighted by Crippen LogP contribution is -2.30. The predicted octanol–water partition coefficient (Wildman–Crippen LogP) is 4.33. The molecule has 2 N–H and O–H groups in total. The molecule has 1 aliphatic rings. The highest BCUT2D eigenvalue weighted by Crippen LogP contribution is 2.30. The molecule has 0 unspecified atom stereocenters. The maximum Gasteiger partial charge on any atom is 0.319 e. The van der Waals surface area contributed by atoms with Crippen LogP contribution in [-0.4, -0.2) is 25.9 Å². The molecule has 128 valence electrons. The zero-order chi connectivity index (χ0) is 17.5. The lowest BCUT2D eigenvalue weighted by Gasteiger charge is -2.09. The first-order chi connectivity index (χ1) is 12.2. The molecule has 25 heavy (non-hydrogen) atoms. The van der Waals surface area contributed by atoms with Gasteiger partial charge in [-0.15, -0.1) is 0 Å². The number of hydrogen-bond donors (Lipinski definition) is 2. The number of carbonyl (C=O) groups excluding carboxylic acids is 1. The average Bonchev–Trinajstić information content (AvgIpc) is 3.15. The number of anilines is 1. The molecule has 0 saturated carbocycles. The molecule has 0 atom stereocenters. The molecule has 0 fully saturated rings. The van der Waals surface area contributed by atoms with Crippen LogP contribution in [0.2, 0.25) is 0 Å². The van der Waals surface area contributed by atoms with E-state index in [-0.39, 0.29) is 6.03 Å². The summed E-state index contributed by atoms with van der Waals surface area (Å²) in [4.78, 5) is 18.1. The van der Waals surface area contributed by atoms with E-state index >= 15 is 0 Å². The van der Waals surface area contributed by atoms with E-state index in [1.165, 1.54) is 0 Å². The summed E-state index contributed by atoms with van der Waals surface area (Å²) in [5.41, 5.74) is 1.85. The van der Waals surface area contributed by atoms with Crippen LogP contribution in [-0.2, 0) is 0 Å². The van der Waals surface area contributed by atoms with Gasteiger partial charge >= 0.3 is 6.03 Å². The van der Waals surface area contributed by atoms with Crippen molar-refractivity contribution in [3.05, 3.63) is 60.3 Å². The molecule has 5 nitrogen and oxygen atoms in total. The fraction of sp³-hybridized carbons (Fsp3) is 0.158. The number of nitrogens with one attached hydrogen (secondary N) is 2. The molecule has 0 spiro atoms. The van der Waals surface area contributed by atoms with Gasteiger partial charge in [-0.3, -0.25) is 4.99 Å². The Balaban J connectivity index is 1.51. The fourth-order valence-corrected chi connectivity index (χ4v) is 3.14. The number of benzene rings is 2. The van der Waals surface area contributed by atoms with Crippen LogP contribution in [0, 0.1) is 0 Å². The number of carbonyl (C=O) groups is 1. The molecule has 3 rings (SSSR count). The van der Waals surface area contributed by atoms with Crippen LogP contribution in [0.15, 0.2) is 75.1 Å². The summed E-state index contributed by atoms with van der Waals surface area (Å²) in [6.45, 7) is 0.510. The summed E-state index contributed by atoms with van der Waals surface area (Å²) in [5.74, 6) is 0.836. The van der Waals surface area contributed by atoms with E-state index in [0.717, 1.165) is 33.2 Å². The highest BCUT2D eigenvalue weighted by atomic mass is 32.2. The quantitative estimate of drug-likeness (QED) is 0.813. The van der Waals surface area contributed by atoms with E-state index < -0.39 is 0 Å². The van der Waals surface area contributed by atoms with Crippen LogP contribution >= 0.6 is 11.8 Å². The zero-order valence-electron chi connectivity index (χ0n) is 13.9. The van der Waals surface area contributed by atoms with E-state index in [2.05, 4.69) is 15.6 Å². The van der Waals surface area contributed by atoms with Gasteiger partial charge in [0, 0.05) is 40.9 Å². The van der Waals surface area contributed by atoms with Crippen LogP contribution in [0.25, 0.3) is 0 Å². The van der Waals surface area contributed by atoms with E-state index in [0.29, 0.717) is 6.54 Å². The van der Waals surface area contributed by atoms with Crippen molar-refractivity contribution >= 4 is 29.7 Å². The first kappa shape index (κ1) is 17.1. The number of ether oxygens (including phenoxy) is 1. The van der Waals surface area contributed by atoms with E-state index in [1.54, 1.807) is 25.1 Å². The molecule has 2 aromatic carbocycles. The van der Waals surface area contributed by atoms with Crippen LogP contribution in [0.4, 0.5) is 10.5 Å². The Morgan fingerprint density at radius 1 is 1.20 bits per heavy atom. The Labute approximate surface area is 151 Å². The molecule has 0 radical (unpaired) electrons. The molecule has 1 heterocycles. The standard InChI is InChI=1S/C19H19N3O2S/c1-24-16-3-2-4-18(11-16)25-17-7-5-15(6-8-17)22-19(23)21-13-14-9-10-20-12-14/h2-8,10-12H,9,13H2,1H3,(H2,21,22,23). The SMILES string of the molecule is COc1cccc(Sc2ccc(NC(=O)NCC3=CN=CC3)cc2)c1. The number of hydrogen-bond acceptors (Lipinski definition) is 4. The van der Waals surface area contributed by atoms with Crippen molar-refractivity contribution in [2.24, 2.45) is 4.99 Å². The van der Waals surface area contributed by atoms with Gasteiger partial charge in [-0.25, -0.2) is 4.79 Å². The van der Waals surface area contributed by atoms with Crippen molar-refractivity contribution in [2.45, 2.75) is 16.2 Å². The van der Waals surface area contributed by atoms with Crippen molar-refractivity contribution in [1.29, 1.82) is 0 Å². The Morgan fingerprint density at radius 2 is 2.04 bits per heavy atom. The van der Waals surface area contributed by atoms with Gasteiger partial charge in [0.15, 0.2) is 0 Å². The number of methoxy groups -OCH3 is 1. The lowest BCUT2D eigenvalue weighted by atomic mass is 10.2. The fourth-order valence-electron chi connectivity index (χ4n) is 2.27. The molecule has 1 aliphatic heterocycles.